The summed E-state index contributed by atoms with van der Waals surface area (Å²) in [6.07, 6.45) is 1.66. The van der Waals surface area contributed by atoms with Crippen LogP contribution in [-0.2, 0) is 12.4 Å². The van der Waals surface area contributed by atoms with Crippen LogP contribution in [0.2, 0.25) is 5.02 Å². The highest BCUT2D eigenvalue weighted by Gasteiger charge is 1.99. The molecule has 142 valence electrons. The number of hydrogen-bond donors (Lipinski definition) is 1. The number of ether oxygens (including phenoxy) is 1. The molecular formula is C22H20ClN3OS. The minimum absolute atomic E-state index is 0.426. The summed E-state index contributed by atoms with van der Waals surface area (Å²) in [6.45, 7) is 0.471. The first-order valence-corrected chi connectivity index (χ1v) is 10.1. The molecule has 0 bridgehead atoms. The number of thioether (sulfide) groups is 1. The van der Waals surface area contributed by atoms with E-state index < -0.39 is 0 Å². The van der Waals surface area contributed by atoms with E-state index in [4.69, 9.17) is 22.1 Å². The number of rotatable bonds is 7. The minimum atomic E-state index is 0.426. The molecule has 28 heavy (non-hydrogen) atoms. The Labute approximate surface area is 174 Å². The van der Waals surface area contributed by atoms with Crippen molar-refractivity contribution in [1.82, 2.24) is 0 Å². The van der Waals surface area contributed by atoms with Crippen LogP contribution in [0.4, 0.5) is 0 Å². The second kappa shape index (κ2) is 10.5. The smallest absolute Gasteiger partial charge is 0.180 e. The predicted molar refractivity (Wildman–Crippen MR) is 119 cm³/mol. The lowest BCUT2D eigenvalue weighted by molar-refractivity contribution is 0.306. The molecule has 0 aliphatic carbocycles. The first-order valence-electron chi connectivity index (χ1n) is 8.69. The maximum Gasteiger partial charge on any atom is 0.180 e. The molecule has 4 nitrogen and oxygen atoms in total. The average Bonchev–Trinajstić information content (AvgIpc) is 2.73. The van der Waals surface area contributed by atoms with Gasteiger partial charge >= 0.3 is 0 Å². The van der Waals surface area contributed by atoms with Crippen molar-refractivity contribution in [3.8, 4) is 5.75 Å². The summed E-state index contributed by atoms with van der Waals surface area (Å²) in [5.41, 5.74) is 9.04. The molecule has 0 aliphatic heterocycles. The Morgan fingerprint density at radius 1 is 0.964 bits per heavy atom. The molecular weight excluding hydrogens is 390 g/mol. The van der Waals surface area contributed by atoms with Gasteiger partial charge < -0.3 is 10.5 Å². The van der Waals surface area contributed by atoms with Crippen molar-refractivity contribution in [1.29, 1.82) is 0 Å². The zero-order valence-corrected chi connectivity index (χ0v) is 16.7. The lowest BCUT2D eigenvalue weighted by Crippen LogP contribution is -2.06. The summed E-state index contributed by atoms with van der Waals surface area (Å²) < 4.78 is 5.82. The summed E-state index contributed by atoms with van der Waals surface area (Å²) in [5.74, 6) is 1.52. The van der Waals surface area contributed by atoms with E-state index in [0.717, 1.165) is 22.6 Å². The molecule has 0 heterocycles. The fourth-order valence-corrected chi connectivity index (χ4v) is 3.08. The van der Waals surface area contributed by atoms with E-state index in [0.29, 0.717) is 16.8 Å². The molecule has 0 radical (unpaired) electrons. The maximum absolute atomic E-state index is 5.90. The zero-order chi connectivity index (χ0) is 19.6. The fraction of sp³-hybridized carbons (Fsp3) is 0.0909. The van der Waals surface area contributed by atoms with E-state index >= 15 is 0 Å². The fourth-order valence-electron chi connectivity index (χ4n) is 2.34. The van der Waals surface area contributed by atoms with E-state index in [2.05, 4.69) is 22.3 Å². The predicted octanol–water partition coefficient (Wildman–Crippen LogP) is 5.50. The number of nitrogens with two attached hydrogens (primary N) is 1. The van der Waals surface area contributed by atoms with Crippen LogP contribution < -0.4 is 10.5 Å². The lowest BCUT2D eigenvalue weighted by atomic mass is 10.2. The molecule has 0 atom stereocenters. The molecule has 6 heteroatoms. The van der Waals surface area contributed by atoms with E-state index in [1.807, 2.05) is 66.7 Å². The zero-order valence-electron chi connectivity index (χ0n) is 15.2. The van der Waals surface area contributed by atoms with Gasteiger partial charge in [-0.25, -0.2) is 0 Å². The molecule has 0 saturated heterocycles. The first-order chi connectivity index (χ1) is 13.7. The second-order valence-corrected chi connectivity index (χ2v) is 7.38. The van der Waals surface area contributed by atoms with Crippen LogP contribution in [0.5, 0.6) is 5.75 Å². The van der Waals surface area contributed by atoms with Gasteiger partial charge in [-0.3, -0.25) is 0 Å². The molecule has 0 saturated carbocycles. The number of benzene rings is 3. The van der Waals surface area contributed by atoms with Crippen LogP contribution in [0.25, 0.3) is 0 Å². The Hall–Kier alpha value is -2.76. The van der Waals surface area contributed by atoms with Crippen LogP contribution in [0, 0.1) is 0 Å². The topological polar surface area (TPSA) is 60.0 Å². The van der Waals surface area contributed by atoms with Gasteiger partial charge in [0.05, 0.1) is 6.21 Å². The molecule has 3 aromatic carbocycles. The standard InChI is InChI=1S/C22H20ClN3OS/c23-20-11-9-17(10-12-20)15-27-21-8-4-7-19(13-21)14-25-26-22(24)28-16-18-5-2-1-3-6-18/h1-14H,15-16H2,(H2,24,26). The van der Waals surface area contributed by atoms with Crippen molar-refractivity contribution in [2.45, 2.75) is 12.4 Å². The molecule has 0 unspecified atom stereocenters. The van der Waals surface area contributed by atoms with Gasteiger partial charge in [-0.15, -0.1) is 5.10 Å². The highest BCUT2D eigenvalue weighted by molar-refractivity contribution is 8.13. The lowest BCUT2D eigenvalue weighted by Gasteiger charge is -2.07. The van der Waals surface area contributed by atoms with Crippen molar-refractivity contribution < 1.29 is 4.74 Å². The van der Waals surface area contributed by atoms with Crippen LogP contribution in [-0.4, -0.2) is 11.4 Å². The van der Waals surface area contributed by atoms with Crippen molar-refractivity contribution in [3.63, 3.8) is 0 Å². The van der Waals surface area contributed by atoms with Gasteiger partial charge in [-0.05, 0) is 41.0 Å². The molecule has 2 N–H and O–H groups in total. The Morgan fingerprint density at radius 3 is 2.54 bits per heavy atom. The third-order valence-corrected chi connectivity index (χ3v) is 4.88. The van der Waals surface area contributed by atoms with E-state index in [9.17, 15) is 0 Å². The first kappa shape index (κ1) is 20.0. The van der Waals surface area contributed by atoms with Gasteiger partial charge in [0.25, 0.3) is 0 Å². The molecule has 0 aromatic heterocycles. The van der Waals surface area contributed by atoms with Crippen molar-refractivity contribution in [2.24, 2.45) is 15.9 Å². The number of nitrogens with zero attached hydrogens (tertiary/aromatic N) is 2. The van der Waals surface area contributed by atoms with Crippen molar-refractivity contribution in [2.75, 3.05) is 0 Å². The van der Waals surface area contributed by atoms with Crippen LogP contribution in [0.1, 0.15) is 16.7 Å². The third-order valence-electron chi connectivity index (χ3n) is 3.77. The van der Waals surface area contributed by atoms with Crippen LogP contribution >= 0.6 is 23.4 Å². The van der Waals surface area contributed by atoms with E-state index in [1.54, 1.807) is 6.21 Å². The Morgan fingerprint density at radius 2 is 1.75 bits per heavy atom. The van der Waals surface area contributed by atoms with Gasteiger partial charge in [-0.1, -0.05) is 78.0 Å². The SMILES string of the molecule is NC(=NN=Cc1cccc(OCc2ccc(Cl)cc2)c1)SCc1ccccc1. The molecule has 0 aliphatic rings. The quantitative estimate of drug-likeness (QED) is 0.318. The van der Waals surface area contributed by atoms with Crippen LogP contribution in [0.15, 0.2) is 89.1 Å². The van der Waals surface area contributed by atoms with E-state index in [1.165, 1.54) is 17.3 Å². The molecule has 3 aromatic rings. The van der Waals surface area contributed by atoms with Crippen molar-refractivity contribution >= 4 is 34.7 Å². The van der Waals surface area contributed by atoms with Gasteiger partial charge in [0.1, 0.15) is 12.4 Å². The molecule has 0 fully saturated rings. The summed E-state index contributed by atoms with van der Waals surface area (Å²) >= 11 is 7.35. The monoisotopic (exact) mass is 409 g/mol. The Balaban J connectivity index is 1.52. The number of halogens is 1. The number of amidine groups is 1. The average molecular weight is 410 g/mol. The third kappa shape index (κ3) is 6.76. The summed E-state index contributed by atoms with van der Waals surface area (Å²) in [5, 5.41) is 9.25. The highest BCUT2D eigenvalue weighted by atomic mass is 35.5. The second-order valence-electron chi connectivity index (χ2n) is 5.94. The summed E-state index contributed by atoms with van der Waals surface area (Å²) in [6, 6.07) is 25.3. The molecule has 0 amide bonds. The summed E-state index contributed by atoms with van der Waals surface area (Å²) in [4.78, 5) is 0. The van der Waals surface area contributed by atoms with Gasteiger partial charge in [0.15, 0.2) is 5.17 Å². The highest BCUT2D eigenvalue weighted by Crippen LogP contribution is 2.16. The van der Waals surface area contributed by atoms with Gasteiger partial charge in [0, 0.05) is 10.8 Å². The van der Waals surface area contributed by atoms with Crippen molar-refractivity contribution in [3.05, 3.63) is 101 Å². The normalized spacial score (nSPS) is 11.7. The summed E-state index contributed by atoms with van der Waals surface area (Å²) in [7, 11) is 0. The Kier molecular flexibility index (Phi) is 7.53. The van der Waals surface area contributed by atoms with Gasteiger partial charge in [0.2, 0.25) is 0 Å². The molecule has 0 spiro atoms. The van der Waals surface area contributed by atoms with Gasteiger partial charge in [-0.2, -0.15) is 5.10 Å². The largest absolute Gasteiger partial charge is 0.489 e. The minimum Gasteiger partial charge on any atom is -0.489 e. The van der Waals surface area contributed by atoms with E-state index in [-0.39, 0.29) is 0 Å². The molecule has 3 rings (SSSR count). The maximum atomic E-state index is 5.90. The number of hydrogen-bond acceptors (Lipinski definition) is 4. The Bertz CT molecular complexity index is 944. The van der Waals surface area contributed by atoms with Crippen LogP contribution in [0.3, 0.4) is 0 Å².